The van der Waals surface area contributed by atoms with Crippen molar-refractivity contribution < 1.29 is 9.47 Å². The Bertz CT molecular complexity index is 742. The van der Waals surface area contributed by atoms with Gasteiger partial charge in [-0.2, -0.15) is 0 Å². The summed E-state index contributed by atoms with van der Waals surface area (Å²) in [5, 5.41) is 3.89. The number of benzene rings is 2. The van der Waals surface area contributed by atoms with Gasteiger partial charge in [-0.05, 0) is 31.2 Å². The standard InChI is InChI=1S/C18H19ClN2O2/c1-5-20-16-11-18(23-4)17(22-3)10-15(16)12(2)21-14-8-6-7-13(19)9-14/h5-11,21H,2H2,1,3-4H3. The van der Waals surface area contributed by atoms with Crippen LogP contribution in [0.4, 0.5) is 11.4 Å². The van der Waals surface area contributed by atoms with Gasteiger partial charge in [0, 0.05) is 34.3 Å². The number of ether oxygens (including phenoxy) is 2. The third kappa shape index (κ3) is 4.05. The van der Waals surface area contributed by atoms with Crippen LogP contribution in [0.25, 0.3) is 5.70 Å². The summed E-state index contributed by atoms with van der Waals surface area (Å²) >= 11 is 6.01. The first kappa shape index (κ1) is 16.9. The van der Waals surface area contributed by atoms with Gasteiger partial charge in [-0.1, -0.05) is 24.2 Å². The number of methoxy groups -OCH3 is 2. The van der Waals surface area contributed by atoms with Crippen LogP contribution in [0.5, 0.6) is 11.5 Å². The molecule has 5 heteroatoms. The molecule has 4 nitrogen and oxygen atoms in total. The average molecular weight is 331 g/mol. The van der Waals surface area contributed by atoms with Crippen LogP contribution in [0.2, 0.25) is 5.02 Å². The van der Waals surface area contributed by atoms with Crippen molar-refractivity contribution in [2.24, 2.45) is 4.99 Å². The maximum absolute atomic E-state index is 6.01. The van der Waals surface area contributed by atoms with Crippen molar-refractivity contribution >= 4 is 34.9 Å². The van der Waals surface area contributed by atoms with E-state index in [1.807, 2.05) is 43.3 Å². The van der Waals surface area contributed by atoms with Crippen LogP contribution in [-0.2, 0) is 0 Å². The van der Waals surface area contributed by atoms with E-state index in [4.69, 9.17) is 21.1 Å². The number of hydrogen-bond donors (Lipinski definition) is 1. The number of anilines is 1. The Hall–Kier alpha value is -2.46. The minimum Gasteiger partial charge on any atom is -0.493 e. The monoisotopic (exact) mass is 330 g/mol. The van der Waals surface area contributed by atoms with Gasteiger partial charge in [0.2, 0.25) is 0 Å². The van der Waals surface area contributed by atoms with E-state index < -0.39 is 0 Å². The summed E-state index contributed by atoms with van der Waals surface area (Å²) in [5.41, 5.74) is 3.10. The molecule has 0 aliphatic rings. The van der Waals surface area contributed by atoms with Gasteiger partial charge < -0.3 is 14.8 Å². The molecule has 0 saturated carbocycles. The van der Waals surface area contributed by atoms with Gasteiger partial charge in [0.1, 0.15) is 0 Å². The van der Waals surface area contributed by atoms with Crippen molar-refractivity contribution in [2.75, 3.05) is 19.5 Å². The normalized spacial score (nSPS) is 10.6. The zero-order valence-electron chi connectivity index (χ0n) is 13.4. The molecule has 0 bridgehead atoms. The van der Waals surface area contributed by atoms with Crippen LogP contribution in [0.3, 0.4) is 0 Å². The van der Waals surface area contributed by atoms with Crippen molar-refractivity contribution in [2.45, 2.75) is 6.92 Å². The average Bonchev–Trinajstić information content (AvgIpc) is 2.54. The predicted octanol–water partition coefficient (Wildman–Crippen LogP) is 5.16. The number of rotatable bonds is 6. The zero-order valence-corrected chi connectivity index (χ0v) is 14.1. The highest BCUT2D eigenvalue weighted by molar-refractivity contribution is 6.30. The molecule has 1 N–H and O–H groups in total. The number of hydrogen-bond acceptors (Lipinski definition) is 4. The van der Waals surface area contributed by atoms with E-state index in [0.717, 1.165) is 16.9 Å². The number of aliphatic imine (C=N–C) groups is 1. The molecule has 0 spiro atoms. The lowest BCUT2D eigenvalue weighted by molar-refractivity contribution is 0.355. The first-order valence-corrected chi connectivity index (χ1v) is 7.43. The molecule has 120 valence electrons. The molecule has 0 fully saturated rings. The van der Waals surface area contributed by atoms with Gasteiger partial charge in [0.05, 0.1) is 19.9 Å². The molecular weight excluding hydrogens is 312 g/mol. The molecule has 0 radical (unpaired) electrons. The number of halogens is 1. The molecule has 0 amide bonds. The van der Waals surface area contributed by atoms with Crippen molar-refractivity contribution in [3.8, 4) is 11.5 Å². The molecule has 0 aliphatic heterocycles. The minimum absolute atomic E-state index is 0.617. The highest BCUT2D eigenvalue weighted by Crippen LogP contribution is 2.37. The van der Waals surface area contributed by atoms with Crippen molar-refractivity contribution in [1.29, 1.82) is 0 Å². The summed E-state index contributed by atoms with van der Waals surface area (Å²) in [4.78, 5) is 4.38. The number of nitrogens with one attached hydrogen (secondary N) is 1. The minimum atomic E-state index is 0.617. The Balaban J connectivity index is 2.41. The van der Waals surface area contributed by atoms with Crippen LogP contribution in [0.15, 0.2) is 48.0 Å². The Kier molecular flexibility index (Phi) is 5.66. The van der Waals surface area contributed by atoms with Gasteiger partial charge in [-0.25, -0.2) is 0 Å². The van der Waals surface area contributed by atoms with E-state index in [2.05, 4.69) is 16.9 Å². The lowest BCUT2D eigenvalue weighted by Gasteiger charge is -2.16. The number of nitrogens with zero attached hydrogens (tertiary/aromatic N) is 1. The molecule has 2 rings (SSSR count). The molecule has 2 aromatic rings. The van der Waals surface area contributed by atoms with Crippen molar-refractivity contribution in [1.82, 2.24) is 0 Å². The summed E-state index contributed by atoms with van der Waals surface area (Å²) in [5.74, 6) is 1.24. The predicted molar refractivity (Wildman–Crippen MR) is 97.5 cm³/mol. The topological polar surface area (TPSA) is 42.8 Å². The van der Waals surface area contributed by atoms with Crippen LogP contribution in [0.1, 0.15) is 12.5 Å². The molecule has 23 heavy (non-hydrogen) atoms. The lowest BCUT2D eigenvalue weighted by atomic mass is 10.1. The molecule has 0 atom stereocenters. The van der Waals surface area contributed by atoms with Crippen molar-refractivity contribution in [3.05, 3.63) is 53.6 Å². The molecular formula is C18H19ClN2O2. The maximum atomic E-state index is 6.01. The van der Waals surface area contributed by atoms with Crippen LogP contribution in [-0.4, -0.2) is 20.4 Å². The fourth-order valence-corrected chi connectivity index (χ4v) is 2.35. The highest BCUT2D eigenvalue weighted by atomic mass is 35.5. The van der Waals surface area contributed by atoms with Gasteiger partial charge in [0.25, 0.3) is 0 Å². The van der Waals surface area contributed by atoms with Crippen LogP contribution >= 0.6 is 11.6 Å². The summed E-state index contributed by atoms with van der Waals surface area (Å²) in [6, 6.07) is 11.1. The summed E-state index contributed by atoms with van der Waals surface area (Å²) in [6.45, 7) is 5.95. The Morgan fingerprint density at radius 2 is 1.87 bits per heavy atom. The van der Waals surface area contributed by atoms with E-state index in [1.165, 1.54) is 0 Å². The summed E-state index contributed by atoms with van der Waals surface area (Å²) in [6.07, 6.45) is 1.72. The van der Waals surface area contributed by atoms with E-state index in [1.54, 1.807) is 20.4 Å². The van der Waals surface area contributed by atoms with E-state index in [-0.39, 0.29) is 0 Å². The summed E-state index contributed by atoms with van der Waals surface area (Å²) < 4.78 is 10.7. The van der Waals surface area contributed by atoms with E-state index in [0.29, 0.717) is 22.2 Å². The lowest BCUT2D eigenvalue weighted by Crippen LogP contribution is -2.00. The zero-order chi connectivity index (χ0) is 16.8. The van der Waals surface area contributed by atoms with E-state index in [9.17, 15) is 0 Å². The molecule has 0 saturated heterocycles. The molecule has 2 aromatic carbocycles. The van der Waals surface area contributed by atoms with Gasteiger partial charge in [-0.15, -0.1) is 0 Å². The largest absolute Gasteiger partial charge is 0.493 e. The van der Waals surface area contributed by atoms with Crippen LogP contribution < -0.4 is 14.8 Å². The fourth-order valence-electron chi connectivity index (χ4n) is 2.16. The quantitative estimate of drug-likeness (QED) is 0.744. The third-order valence-corrected chi connectivity index (χ3v) is 3.45. The second kappa shape index (κ2) is 7.70. The third-order valence-electron chi connectivity index (χ3n) is 3.22. The Morgan fingerprint density at radius 3 is 2.48 bits per heavy atom. The second-order valence-corrected chi connectivity index (χ2v) is 5.16. The first-order valence-electron chi connectivity index (χ1n) is 7.05. The molecule has 0 heterocycles. The van der Waals surface area contributed by atoms with E-state index >= 15 is 0 Å². The SMILES string of the molecule is C=C(Nc1cccc(Cl)c1)c1cc(OC)c(OC)cc1N=CC. The second-order valence-electron chi connectivity index (χ2n) is 4.73. The van der Waals surface area contributed by atoms with Gasteiger partial charge in [-0.3, -0.25) is 4.99 Å². The van der Waals surface area contributed by atoms with Gasteiger partial charge >= 0.3 is 0 Å². The maximum Gasteiger partial charge on any atom is 0.162 e. The fraction of sp³-hybridized carbons (Fsp3) is 0.167. The highest BCUT2D eigenvalue weighted by Gasteiger charge is 2.13. The molecule has 0 aromatic heterocycles. The van der Waals surface area contributed by atoms with Gasteiger partial charge in [0.15, 0.2) is 11.5 Å². The Morgan fingerprint density at radius 1 is 1.17 bits per heavy atom. The molecule has 0 aliphatic carbocycles. The van der Waals surface area contributed by atoms with Crippen molar-refractivity contribution in [3.63, 3.8) is 0 Å². The Labute approximate surface area is 141 Å². The van der Waals surface area contributed by atoms with Crippen LogP contribution in [0, 0.1) is 0 Å². The first-order chi connectivity index (χ1) is 11.1. The summed E-state index contributed by atoms with van der Waals surface area (Å²) in [7, 11) is 3.19. The molecule has 0 unspecified atom stereocenters. The smallest absolute Gasteiger partial charge is 0.162 e.